The topological polar surface area (TPSA) is 15.3 Å². The van der Waals surface area contributed by atoms with E-state index >= 15 is 0 Å². The van der Waals surface area contributed by atoms with Gasteiger partial charge in [0.25, 0.3) is 0 Å². The van der Waals surface area contributed by atoms with E-state index in [4.69, 9.17) is 0 Å². The zero-order valence-electron chi connectivity index (χ0n) is 13.8. The maximum Gasteiger partial charge on any atom is 0.00644 e. The molecule has 0 heterocycles. The summed E-state index contributed by atoms with van der Waals surface area (Å²) in [5.74, 6) is 0. The fourth-order valence-corrected chi connectivity index (χ4v) is 3.49. The highest BCUT2D eigenvalue weighted by Gasteiger charge is 2.34. The summed E-state index contributed by atoms with van der Waals surface area (Å²) in [6.07, 6.45) is 9.70. The maximum absolute atomic E-state index is 3.71. The van der Waals surface area contributed by atoms with E-state index in [1.54, 1.807) is 0 Å². The molecule has 0 saturated heterocycles. The molecule has 2 nitrogen and oxygen atoms in total. The number of hydrogen-bond acceptors (Lipinski definition) is 2. The molecule has 1 unspecified atom stereocenters. The van der Waals surface area contributed by atoms with Gasteiger partial charge in [-0.2, -0.15) is 0 Å². The van der Waals surface area contributed by atoms with Crippen LogP contribution in [0.2, 0.25) is 0 Å². The van der Waals surface area contributed by atoms with Gasteiger partial charge in [0.05, 0.1) is 0 Å². The monoisotopic (exact) mass is 268 g/mol. The molecule has 0 aromatic heterocycles. The van der Waals surface area contributed by atoms with Crippen molar-refractivity contribution < 1.29 is 0 Å². The molecule has 0 amide bonds. The Morgan fingerprint density at radius 2 is 1.79 bits per heavy atom. The normalized spacial score (nSPS) is 20.7. The van der Waals surface area contributed by atoms with Crippen LogP contribution in [0.4, 0.5) is 0 Å². The highest BCUT2D eigenvalue weighted by Crippen LogP contribution is 2.37. The summed E-state index contributed by atoms with van der Waals surface area (Å²) in [6, 6.07) is 0.731. The van der Waals surface area contributed by atoms with E-state index in [1.165, 1.54) is 71.1 Å². The van der Waals surface area contributed by atoms with Crippen molar-refractivity contribution in [2.75, 3.05) is 26.2 Å². The molecule has 0 aromatic carbocycles. The van der Waals surface area contributed by atoms with Crippen LogP contribution in [0.15, 0.2) is 0 Å². The van der Waals surface area contributed by atoms with E-state index in [2.05, 4.69) is 37.9 Å². The summed E-state index contributed by atoms with van der Waals surface area (Å²) in [6.45, 7) is 14.2. The Labute approximate surface area is 121 Å². The molecular weight excluding hydrogens is 232 g/mol. The molecule has 1 fully saturated rings. The Morgan fingerprint density at radius 1 is 1.11 bits per heavy atom. The zero-order chi connectivity index (χ0) is 14.1. The standard InChI is InChI=1S/C17H36N2/c1-5-13-18-14-17(11-9-8-10-12-17)15-19(7-3)16(4)6-2/h16,18H,5-15H2,1-4H3. The summed E-state index contributed by atoms with van der Waals surface area (Å²) in [7, 11) is 0. The minimum absolute atomic E-state index is 0.548. The van der Waals surface area contributed by atoms with Crippen LogP contribution in [-0.4, -0.2) is 37.1 Å². The molecule has 0 aromatic rings. The van der Waals surface area contributed by atoms with Crippen LogP contribution in [0.25, 0.3) is 0 Å². The van der Waals surface area contributed by atoms with Crippen molar-refractivity contribution in [1.29, 1.82) is 0 Å². The van der Waals surface area contributed by atoms with E-state index in [0.29, 0.717) is 5.41 Å². The molecule has 0 aliphatic heterocycles. The van der Waals surface area contributed by atoms with Gasteiger partial charge >= 0.3 is 0 Å². The predicted octanol–water partition coefficient (Wildman–Crippen LogP) is 4.06. The Bertz CT molecular complexity index is 221. The highest BCUT2D eigenvalue weighted by molar-refractivity contribution is 4.88. The summed E-state index contributed by atoms with van der Waals surface area (Å²) in [5.41, 5.74) is 0.548. The molecule has 1 atom stereocenters. The lowest BCUT2D eigenvalue weighted by Crippen LogP contribution is -2.48. The second-order valence-electron chi connectivity index (χ2n) is 6.56. The first kappa shape index (κ1) is 17.0. The van der Waals surface area contributed by atoms with E-state index in [1.807, 2.05) is 0 Å². The van der Waals surface area contributed by atoms with Crippen molar-refractivity contribution in [3.8, 4) is 0 Å². The molecule has 1 saturated carbocycles. The molecule has 0 bridgehead atoms. The SMILES string of the molecule is CCCNCC1(CN(CC)C(C)CC)CCCCC1. The smallest absolute Gasteiger partial charge is 0.00644 e. The maximum atomic E-state index is 3.71. The Kier molecular flexibility index (Phi) is 8.01. The third-order valence-corrected chi connectivity index (χ3v) is 5.00. The van der Waals surface area contributed by atoms with Crippen molar-refractivity contribution in [1.82, 2.24) is 10.2 Å². The lowest BCUT2D eigenvalue weighted by atomic mass is 9.73. The molecule has 0 spiro atoms. The van der Waals surface area contributed by atoms with Crippen LogP contribution in [0.3, 0.4) is 0 Å². The van der Waals surface area contributed by atoms with Crippen molar-refractivity contribution in [2.45, 2.75) is 78.7 Å². The predicted molar refractivity (Wildman–Crippen MR) is 85.7 cm³/mol. The average molecular weight is 268 g/mol. The molecule has 1 aliphatic carbocycles. The summed E-state index contributed by atoms with van der Waals surface area (Å²) >= 11 is 0. The van der Waals surface area contributed by atoms with E-state index < -0.39 is 0 Å². The fourth-order valence-electron chi connectivity index (χ4n) is 3.49. The van der Waals surface area contributed by atoms with Gasteiger partial charge in [0.15, 0.2) is 0 Å². The minimum atomic E-state index is 0.548. The number of hydrogen-bond donors (Lipinski definition) is 1. The van der Waals surface area contributed by atoms with Gasteiger partial charge in [-0.1, -0.05) is 40.0 Å². The van der Waals surface area contributed by atoms with Crippen molar-refractivity contribution in [3.05, 3.63) is 0 Å². The van der Waals surface area contributed by atoms with Gasteiger partial charge in [-0.15, -0.1) is 0 Å². The molecule has 1 N–H and O–H groups in total. The van der Waals surface area contributed by atoms with Crippen LogP contribution in [-0.2, 0) is 0 Å². The van der Waals surface area contributed by atoms with Crippen molar-refractivity contribution in [3.63, 3.8) is 0 Å². The Balaban J connectivity index is 2.61. The summed E-state index contributed by atoms with van der Waals surface area (Å²) in [5, 5.41) is 3.71. The Morgan fingerprint density at radius 3 is 2.32 bits per heavy atom. The van der Waals surface area contributed by atoms with Crippen LogP contribution in [0.1, 0.15) is 72.6 Å². The van der Waals surface area contributed by atoms with Gasteiger partial charge in [0.2, 0.25) is 0 Å². The van der Waals surface area contributed by atoms with Crippen molar-refractivity contribution >= 4 is 0 Å². The van der Waals surface area contributed by atoms with E-state index in [0.717, 1.165) is 6.04 Å². The van der Waals surface area contributed by atoms with Crippen LogP contribution in [0.5, 0.6) is 0 Å². The first-order valence-corrected chi connectivity index (χ1v) is 8.62. The summed E-state index contributed by atoms with van der Waals surface area (Å²) in [4.78, 5) is 2.71. The average Bonchev–Trinajstić information content (AvgIpc) is 2.45. The second-order valence-corrected chi connectivity index (χ2v) is 6.56. The molecule has 114 valence electrons. The molecule has 1 aliphatic rings. The first-order valence-electron chi connectivity index (χ1n) is 8.62. The van der Waals surface area contributed by atoms with Crippen LogP contribution in [0, 0.1) is 5.41 Å². The lowest BCUT2D eigenvalue weighted by Gasteiger charge is -2.43. The fraction of sp³-hybridized carbons (Fsp3) is 1.00. The highest BCUT2D eigenvalue weighted by atomic mass is 15.2. The van der Waals surface area contributed by atoms with Crippen LogP contribution >= 0.6 is 0 Å². The molecule has 1 rings (SSSR count). The van der Waals surface area contributed by atoms with Crippen molar-refractivity contribution in [2.24, 2.45) is 5.41 Å². The first-order chi connectivity index (χ1) is 9.17. The largest absolute Gasteiger partial charge is 0.316 e. The lowest BCUT2D eigenvalue weighted by molar-refractivity contribution is 0.0814. The molecular formula is C17H36N2. The third-order valence-electron chi connectivity index (χ3n) is 5.00. The Hall–Kier alpha value is -0.0800. The van der Waals surface area contributed by atoms with Gasteiger partial charge in [0, 0.05) is 19.1 Å². The zero-order valence-corrected chi connectivity index (χ0v) is 13.8. The quantitative estimate of drug-likeness (QED) is 0.635. The van der Waals surface area contributed by atoms with Gasteiger partial charge < -0.3 is 10.2 Å². The molecule has 0 radical (unpaired) electrons. The minimum Gasteiger partial charge on any atom is -0.316 e. The van der Waals surface area contributed by atoms with Gasteiger partial charge in [-0.3, -0.25) is 0 Å². The number of nitrogens with zero attached hydrogens (tertiary/aromatic N) is 1. The van der Waals surface area contributed by atoms with Crippen LogP contribution < -0.4 is 5.32 Å². The number of rotatable bonds is 9. The van der Waals surface area contributed by atoms with E-state index in [-0.39, 0.29) is 0 Å². The number of nitrogens with one attached hydrogen (secondary N) is 1. The van der Waals surface area contributed by atoms with Gasteiger partial charge in [-0.25, -0.2) is 0 Å². The second kappa shape index (κ2) is 8.97. The van der Waals surface area contributed by atoms with Gasteiger partial charge in [-0.05, 0) is 51.1 Å². The van der Waals surface area contributed by atoms with E-state index in [9.17, 15) is 0 Å². The van der Waals surface area contributed by atoms with Gasteiger partial charge in [0.1, 0.15) is 0 Å². The third kappa shape index (κ3) is 5.43. The summed E-state index contributed by atoms with van der Waals surface area (Å²) < 4.78 is 0. The molecule has 19 heavy (non-hydrogen) atoms. The molecule has 2 heteroatoms.